The summed E-state index contributed by atoms with van der Waals surface area (Å²) in [5.74, 6) is 0. The molecule has 3 aromatic rings. The van der Waals surface area contributed by atoms with Gasteiger partial charge >= 0.3 is 0 Å². The summed E-state index contributed by atoms with van der Waals surface area (Å²) in [4.78, 5) is 0. The first kappa shape index (κ1) is 5.89. The van der Waals surface area contributed by atoms with Crippen LogP contribution in [0.4, 0.5) is 5.69 Å². The minimum absolute atomic E-state index is 0.784. The maximum Gasteiger partial charge on any atom is 0.135 e. The second-order valence-electron chi connectivity index (χ2n) is 2.97. The topological polar surface area (TPSA) is 39.2 Å². The molecule has 1 aromatic carbocycles. The van der Waals surface area contributed by atoms with E-state index in [1.807, 2.05) is 30.3 Å². The van der Waals surface area contributed by atoms with Crippen molar-refractivity contribution in [3.05, 3.63) is 30.3 Å². The van der Waals surface area contributed by atoms with Gasteiger partial charge in [-0.25, -0.2) is 0 Å². The molecule has 2 heterocycles. The van der Waals surface area contributed by atoms with Crippen molar-refractivity contribution in [1.29, 1.82) is 0 Å². The SMILES string of the molecule is Nc1ccc2c3ccc(o3)c2c1. The lowest BCUT2D eigenvalue weighted by Crippen LogP contribution is -1.82. The minimum atomic E-state index is 0.784. The van der Waals surface area contributed by atoms with Crippen molar-refractivity contribution < 1.29 is 4.42 Å². The number of fused-ring (bicyclic) bond motifs is 5. The van der Waals surface area contributed by atoms with Gasteiger partial charge in [0.15, 0.2) is 0 Å². The van der Waals surface area contributed by atoms with Crippen molar-refractivity contribution in [1.82, 2.24) is 0 Å². The summed E-state index contributed by atoms with van der Waals surface area (Å²) in [5, 5.41) is 2.27. The minimum Gasteiger partial charge on any atom is -0.456 e. The van der Waals surface area contributed by atoms with E-state index < -0.39 is 0 Å². The Balaban J connectivity index is 2.65. The fourth-order valence-corrected chi connectivity index (χ4v) is 1.61. The Labute approximate surface area is 68.9 Å². The maximum absolute atomic E-state index is 5.66. The highest BCUT2D eigenvalue weighted by Gasteiger charge is 2.07. The van der Waals surface area contributed by atoms with Crippen LogP contribution in [-0.4, -0.2) is 0 Å². The number of benzene rings is 2. The van der Waals surface area contributed by atoms with Crippen molar-refractivity contribution in [2.75, 3.05) is 5.73 Å². The van der Waals surface area contributed by atoms with E-state index >= 15 is 0 Å². The van der Waals surface area contributed by atoms with Crippen LogP contribution in [-0.2, 0) is 0 Å². The Morgan fingerprint density at radius 3 is 2.50 bits per heavy atom. The lowest BCUT2D eigenvalue weighted by Gasteiger charge is -1.92. The fraction of sp³-hybridized carbons (Fsp3) is 0. The molecule has 0 radical (unpaired) electrons. The molecule has 0 saturated carbocycles. The van der Waals surface area contributed by atoms with Crippen LogP contribution >= 0.6 is 0 Å². The molecule has 0 aliphatic rings. The van der Waals surface area contributed by atoms with Crippen LogP contribution in [0.5, 0.6) is 0 Å². The number of hydrogen-bond acceptors (Lipinski definition) is 2. The van der Waals surface area contributed by atoms with Crippen molar-refractivity contribution in [3.63, 3.8) is 0 Å². The molecule has 3 rings (SSSR count). The number of furan rings is 2. The summed E-state index contributed by atoms with van der Waals surface area (Å²) in [7, 11) is 0. The number of rotatable bonds is 0. The molecule has 0 unspecified atom stereocenters. The Kier molecular flexibility index (Phi) is 0.844. The summed E-state index contributed by atoms with van der Waals surface area (Å²) >= 11 is 0. The molecule has 2 N–H and O–H groups in total. The summed E-state index contributed by atoms with van der Waals surface area (Å²) < 4.78 is 5.46. The second kappa shape index (κ2) is 1.72. The largest absolute Gasteiger partial charge is 0.456 e. The molecule has 2 bridgehead atoms. The zero-order chi connectivity index (χ0) is 8.13. The zero-order valence-electron chi connectivity index (χ0n) is 6.37. The Bertz CT molecular complexity index is 538. The monoisotopic (exact) mass is 157 g/mol. The van der Waals surface area contributed by atoms with E-state index in [1.165, 1.54) is 0 Å². The average molecular weight is 157 g/mol. The van der Waals surface area contributed by atoms with Crippen LogP contribution in [0.15, 0.2) is 34.7 Å². The van der Waals surface area contributed by atoms with E-state index in [9.17, 15) is 0 Å². The maximum atomic E-state index is 5.66. The van der Waals surface area contributed by atoms with Crippen LogP contribution in [0.2, 0.25) is 0 Å². The molecule has 58 valence electrons. The predicted octanol–water partition coefficient (Wildman–Crippen LogP) is 2.61. The Morgan fingerprint density at radius 1 is 0.917 bits per heavy atom. The van der Waals surface area contributed by atoms with Gasteiger partial charge in [0.2, 0.25) is 0 Å². The second-order valence-corrected chi connectivity index (χ2v) is 2.97. The first-order valence-electron chi connectivity index (χ1n) is 3.85. The summed E-state index contributed by atoms with van der Waals surface area (Å²) in [6.07, 6.45) is 0. The summed E-state index contributed by atoms with van der Waals surface area (Å²) in [6, 6.07) is 9.78. The van der Waals surface area contributed by atoms with Crippen molar-refractivity contribution >= 4 is 27.6 Å². The van der Waals surface area contributed by atoms with Gasteiger partial charge in [0.05, 0.1) is 0 Å². The number of anilines is 1. The van der Waals surface area contributed by atoms with Gasteiger partial charge in [-0.2, -0.15) is 0 Å². The van der Waals surface area contributed by atoms with Crippen LogP contribution in [0.25, 0.3) is 21.9 Å². The van der Waals surface area contributed by atoms with E-state index in [0.29, 0.717) is 0 Å². The van der Waals surface area contributed by atoms with Crippen LogP contribution < -0.4 is 5.73 Å². The lowest BCUT2D eigenvalue weighted by atomic mass is 10.1. The quantitative estimate of drug-likeness (QED) is 0.509. The van der Waals surface area contributed by atoms with Crippen molar-refractivity contribution in [3.8, 4) is 0 Å². The van der Waals surface area contributed by atoms with Gasteiger partial charge in [-0.3, -0.25) is 0 Å². The summed E-state index contributed by atoms with van der Waals surface area (Å²) in [6.45, 7) is 0. The first-order valence-corrected chi connectivity index (χ1v) is 3.85. The van der Waals surface area contributed by atoms with E-state index in [2.05, 4.69) is 0 Å². The van der Waals surface area contributed by atoms with E-state index in [1.54, 1.807) is 0 Å². The van der Waals surface area contributed by atoms with Crippen LogP contribution in [0.3, 0.4) is 0 Å². The third-order valence-corrected chi connectivity index (χ3v) is 2.18. The smallest absolute Gasteiger partial charge is 0.135 e. The number of nitrogens with two attached hydrogens (primary N) is 1. The molecular formula is C10H7NO. The third kappa shape index (κ3) is 0.552. The summed E-state index contributed by atoms with van der Waals surface area (Å²) in [5.41, 5.74) is 8.31. The van der Waals surface area contributed by atoms with Gasteiger partial charge < -0.3 is 10.2 Å². The average Bonchev–Trinajstić information content (AvgIpc) is 2.63. The van der Waals surface area contributed by atoms with Gasteiger partial charge in [0.25, 0.3) is 0 Å². The van der Waals surface area contributed by atoms with Gasteiger partial charge in [-0.15, -0.1) is 0 Å². The predicted molar refractivity (Wildman–Crippen MR) is 49.3 cm³/mol. The highest BCUT2D eigenvalue weighted by molar-refractivity contribution is 6.07. The molecule has 2 aromatic heterocycles. The van der Waals surface area contributed by atoms with Gasteiger partial charge in [-0.1, -0.05) is 0 Å². The van der Waals surface area contributed by atoms with Gasteiger partial charge in [-0.05, 0) is 30.3 Å². The first-order chi connectivity index (χ1) is 5.84. The van der Waals surface area contributed by atoms with Gasteiger partial charge in [0.1, 0.15) is 11.2 Å². The normalized spacial score (nSPS) is 11.7. The zero-order valence-corrected chi connectivity index (χ0v) is 6.37. The highest BCUT2D eigenvalue weighted by Crippen LogP contribution is 2.32. The molecule has 0 amide bonds. The third-order valence-electron chi connectivity index (χ3n) is 2.18. The molecule has 0 saturated heterocycles. The fourth-order valence-electron chi connectivity index (χ4n) is 1.61. The lowest BCUT2D eigenvalue weighted by molar-refractivity contribution is 0.679. The highest BCUT2D eigenvalue weighted by atomic mass is 16.3. The Hall–Kier alpha value is -1.70. The molecule has 0 atom stereocenters. The van der Waals surface area contributed by atoms with Crippen molar-refractivity contribution in [2.24, 2.45) is 0 Å². The molecule has 0 aliphatic carbocycles. The van der Waals surface area contributed by atoms with Gasteiger partial charge in [0, 0.05) is 16.5 Å². The standard InChI is InChI=1S/C10H7NO/c11-6-1-2-7-8(5-6)10-4-3-9(7)12-10/h1-5H,11H2. The molecule has 0 fully saturated rings. The van der Waals surface area contributed by atoms with E-state index in [0.717, 1.165) is 27.6 Å². The molecule has 0 spiro atoms. The van der Waals surface area contributed by atoms with E-state index in [-0.39, 0.29) is 0 Å². The van der Waals surface area contributed by atoms with Crippen LogP contribution in [0.1, 0.15) is 0 Å². The molecular weight excluding hydrogens is 150 g/mol. The molecule has 0 aliphatic heterocycles. The molecule has 2 nitrogen and oxygen atoms in total. The molecule has 2 heteroatoms. The molecule has 12 heavy (non-hydrogen) atoms. The van der Waals surface area contributed by atoms with Crippen molar-refractivity contribution in [2.45, 2.75) is 0 Å². The number of hydrogen-bond donors (Lipinski definition) is 1. The number of nitrogen functional groups attached to an aromatic ring is 1. The van der Waals surface area contributed by atoms with Crippen LogP contribution in [0, 0.1) is 0 Å². The Morgan fingerprint density at radius 2 is 1.67 bits per heavy atom. The van der Waals surface area contributed by atoms with E-state index in [4.69, 9.17) is 10.2 Å².